The highest BCUT2D eigenvalue weighted by molar-refractivity contribution is 9.09. The summed E-state index contributed by atoms with van der Waals surface area (Å²) >= 11 is 3.24. The Balaban J connectivity index is 3.50. The summed E-state index contributed by atoms with van der Waals surface area (Å²) in [5, 5.41) is 0.795. The van der Waals surface area contributed by atoms with Crippen LogP contribution in [0.2, 0.25) is 0 Å². The second-order valence-corrected chi connectivity index (χ2v) is 3.79. The average molecular weight is 189 g/mol. The first-order valence-corrected chi connectivity index (χ1v) is 4.20. The lowest BCUT2D eigenvalue weighted by atomic mass is 9.93. The van der Waals surface area contributed by atoms with Crippen LogP contribution in [-0.2, 0) is 0 Å². The summed E-state index contributed by atoms with van der Waals surface area (Å²) < 4.78 is 0. The molecule has 0 bridgehead atoms. The SMILES string of the molecule is CC(C)(C)CC#CCBr. The van der Waals surface area contributed by atoms with Crippen LogP contribution in [0.1, 0.15) is 27.2 Å². The minimum absolute atomic E-state index is 0.356. The monoisotopic (exact) mass is 188 g/mol. The third kappa shape index (κ3) is 8.04. The molecule has 0 amide bonds. The predicted octanol–water partition coefficient (Wildman–Crippen LogP) is 2.82. The molecule has 1 heteroatoms. The van der Waals surface area contributed by atoms with Crippen LogP contribution >= 0.6 is 15.9 Å². The van der Waals surface area contributed by atoms with Crippen LogP contribution in [-0.4, -0.2) is 5.33 Å². The maximum atomic E-state index is 3.24. The Hall–Kier alpha value is 0.0400. The fourth-order valence-electron chi connectivity index (χ4n) is 0.375. The molecule has 0 aliphatic carbocycles. The van der Waals surface area contributed by atoms with Gasteiger partial charge in [0.2, 0.25) is 0 Å². The van der Waals surface area contributed by atoms with Crippen molar-refractivity contribution in [1.29, 1.82) is 0 Å². The maximum Gasteiger partial charge on any atom is 0.0645 e. The van der Waals surface area contributed by atoms with Gasteiger partial charge in [0.25, 0.3) is 0 Å². The van der Waals surface area contributed by atoms with Crippen LogP contribution in [0.5, 0.6) is 0 Å². The summed E-state index contributed by atoms with van der Waals surface area (Å²) in [4.78, 5) is 0. The van der Waals surface area contributed by atoms with Crippen molar-refractivity contribution in [3.05, 3.63) is 0 Å². The highest BCUT2D eigenvalue weighted by atomic mass is 79.9. The Morgan fingerprint density at radius 2 is 1.78 bits per heavy atom. The Bertz CT molecular complexity index is 120. The molecule has 0 N–H and O–H groups in total. The largest absolute Gasteiger partial charge is 0.102 e. The zero-order valence-corrected chi connectivity index (χ0v) is 7.88. The molecule has 0 radical (unpaired) electrons. The highest BCUT2D eigenvalue weighted by Crippen LogP contribution is 2.16. The van der Waals surface area contributed by atoms with Gasteiger partial charge in [0.1, 0.15) is 0 Å². The predicted molar refractivity (Wildman–Crippen MR) is 45.6 cm³/mol. The molecular weight excluding hydrogens is 176 g/mol. The van der Waals surface area contributed by atoms with Crippen LogP contribution in [0.25, 0.3) is 0 Å². The van der Waals surface area contributed by atoms with E-state index in [1.54, 1.807) is 0 Å². The zero-order valence-electron chi connectivity index (χ0n) is 6.29. The van der Waals surface area contributed by atoms with E-state index in [-0.39, 0.29) is 0 Å². The van der Waals surface area contributed by atoms with Crippen molar-refractivity contribution in [1.82, 2.24) is 0 Å². The number of alkyl halides is 1. The standard InChI is InChI=1S/C8H13Br/c1-8(2,3)6-4-5-7-9/h6-7H2,1-3H3. The molecule has 0 heterocycles. The summed E-state index contributed by atoms with van der Waals surface area (Å²) in [7, 11) is 0. The van der Waals surface area contributed by atoms with E-state index in [0.29, 0.717) is 5.41 Å². The molecule has 0 aliphatic rings. The molecule has 0 fully saturated rings. The van der Waals surface area contributed by atoms with E-state index < -0.39 is 0 Å². The van der Waals surface area contributed by atoms with Crippen LogP contribution < -0.4 is 0 Å². The lowest BCUT2D eigenvalue weighted by molar-refractivity contribution is 0.428. The molecule has 0 aliphatic heterocycles. The molecule has 0 aromatic heterocycles. The summed E-state index contributed by atoms with van der Waals surface area (Å²) in [5.41, 5.74) is 0.356. The van der Waals surface area contributed by atoms with E-state index in [2.05, 4.69) is 48.5 Å². The fraction of sp³-hybridized carbons (Fsp3) is 0.750. The van der Waals surface area contributed by atoms with Gasteiger partial charge in [-0.3, -0.25) is 0 Å². The van der Waals surface area contributed by atoms with Crippen molar-refractivity contribution >= 4 is 15.9 Å². The molecule has 0 rings (SSSR count). The molecule has 52 valence electrons. The number of rotatable bonds is 0. The molecular formula is C8H13Br. The first-order chi connectivity index (χ1) is 4.06. The summed E-state index contributed by atoms with van der Waals surface area (Å²) in [6.07, 6.45) is 0.985. The van der Waals surface area contributed by atoms with Crippen LogP contribution in [0.3, 0.4) is 0 Å². The minimum Gasteiger partial charge on any atom is -0.102 e. The van der Waals surface area contributed by atoms with Crippen molar-refractivity contribution < 1.29 is 0 Å². The summed E-state index contributed by atoms with van der Waals surface area (Å²) in [6, 6.07) is 0. The first kappa shape index (κ1) is 9.04. The van der Waals surface area contributed by atoms with Gasteiger partial charge in [-0.2, -0.15) is 0 Å². The van der Waals surface area contributed by atoms with Crippen molar-refractivity contribution in [2.45, 2.75) is 27.2 Å². The number of hydrogen-bond donors (Lipinski definition) is 0. The lowest BCUT2D eigenvalue weighted by Crippen LogP contribution is -2.01. The van der Waals surface area contributed by atoms with Crippen molar-refractivity contribution in [3.63, 3.8) is 0 Å². The minimum atomic E-state index is 0.356. The first-order valence-electron chi connectivity index (χ1n) is 3.08. The van der Waals surface area contributed by atoms with Gasteiger partial charge in [-0.15, -0.1) is 5.92 Å². The van der Waals surface area contributed by atoms with Crippen LogP contribution in [0.4, 0.5) is 0 Å². The Labute approximate surface area is 66.2 Å². The van der Waals surface area contributed by atoms with Gasteiger partial charge >= 0.3 is 0 Å². The molecule has 0 aromatic rings. The van der Waals surface area contributed by atoms with Gasteiger partial charge < -0.3 is 0 Å². The van der Waals surface area contributed by atoms with Crippen molar-refractivity contribution in [3.8, 4) is 11.8 Å². The third-order valence-corrected chi connectivity index (χ3v) is 1.09. The molecule has 0 aromatic carbocycles. The van der Waals surface area contributed by atoms with Crippen molar-refractivity contribution in [2.24, 2.45) is 5.41 Å². The lowest BCUT2D eigenvalue weighted by Gasteiger charge is -2.12. The van der Waals surface area contributed by atoms with Crippen LogP contribution in [0.15, 0.2) is 0 Å². The third-order valence-electron chi connectivity index (χ3n) is 0.811. The quantitative estimate of drug-likeness (QED) is 0.406. The number of halogens is 1. The molecule has 0 atom stereocenters. The second-order valence-electron chi connectivity index (χ2n) is 3.22. The van der Waals surface area contributed by atoms with Gasteiger partial charge in [-0.1, -0.05) is 42.6 Å². The molecule has 0 spiro atoms. The average Bonchev–Trinajstić information content (AvgIpc) is 1.63. The Morgan fingerprint density at radius 3 is 2.11 bits per heavy atom. The molecule has 0 saturated heterocycles. The Morgan fingerprint density at radius 1 is 1.22 bits per heavy atom. The Kier molecular flexibility index (Phi) is 3.97. The van der Waals surface area contributed by atoms with E-state index in [0.717, 1.165) is 11.8 Å². The second kappa shape index (κ2) is 3.95. The summed E-state index contributed by atoms with van der Waals surface area (Å²) in [6.45, 7) is 6.57. The van der Waals surface area contributed by atoms with Crippen LogP contribution in [0, 0.1) is 17.3 Å². The molecule has 9 heavy (non-hydrogen) atoms. The smallest absolute Gasteiger partial charge is 0.0645 e. The molecule has 0 unspecified atom stereocenters. The van der Waals surface area contributed by atoms with Gasteiger partial charge in [0.15, 0.2) is 0 Å². The molecule has 0 nitrogen and oxygen atoms in total. The van der Waals surface area contributed by atoms with Gasteiger partial charge in [-0.25, -0.2) is 0 Å². The topological polar surface area (TPSA) is 0 Å². The zero-order chi connectivity index (χ0) is 7.33. The number of hydrogen-bond acceptors (Lipinski definition) is 0. The van der Waals surface area contributed by atoms with Gasteiger partial charge in [0.05, 0.1) is 5.33 Å². The highest BCUT2D eigenvalue weighted by Gasteiger charge is 2.05. The summed E-state index contributed by atoms with van der Waals surface area (Å²) in [5.74, 6) is 6.05. The normalized spacial score (nSPS) is 10.2. The van der Waals surface area contributed by atoms with Gasteiger partial charge in [0, 0.05) is 6.42 Å². The maximum absolute atomic E-state index is 3.24. The van der Waals surface area contributed by atoms with E-state index in [1.165, 1.54) is 0 Å². The van der Waals surface area contributed by atoms with Crippen molar-refractivity contribution in [2.75, 3.05) is 5.33 Å². The fourth-order valence-corrected chi connectivity index (χ4v) is 0.573. The van der Waals surface area contributed by atoms with Gasteiger partial charge in [-0.05, 0) is 5.41 Å². The van der Waals surface area contributed by atoms with E-state index in [4.69, 9.17) is 0 Å². The molecule has 0 saturated carbocycles. The van der Waals surface area contributed by atoms with E-state index in [9.17, 15) is 0 Å². The van der Waals surface area contributed by atoms with E-state index in [1.807, 2.05) is 0 Å². The van der Waals surface area contributed by atoms with E-state index >= 15 is 0 Å².